The summed E-state index contributed by atoms with van der Waals surface area (Å²) in [5, 5.41) is 17.1. The van der Waals surface area contributed by atoms with Crippen LogP contribution in [0.2, 0.25) is 0 Å². The third-order valence-electron chi connectivity index (χ3n) is 7.68. The second-order valence-corrected chi connectivity index (χ2v) is 12.0. The fourth-order valence-electron chi connectivity index (χ4n) is 5.29. The first-order valence-corrected chi connectivity index (χ1v) is 15.0. The number of carbonyl (C=O) groups excluding carboxylic acids is 1. The smallest absolute Gasteiger partial charge is 0.323 e. The third kappa shape index (κ3) is 7.83. The average molecular weight is 599 g/mol. The number of methoxy groups -OCH3 is 1. The predicted octanol–water partition coefficient (Wildman–Crippen LogP) is 8.16. The molecule has 8 nitrogen and oxygen atoms in total. The molecule has 228 valence electrons. The van der Waals surface area contributed by atoms with Gasteiger partial charge in [0.1, 0.15) is 5.75 Å². The van der Waals surface area contributed by atoms with Crippen molar-refractivity contribution in [1.29, 1.82) is 5.26 Å². The van der Waals surface area contributed by atoms with Gasteiger partial charge in [0.05, 0.1) is 30.2 Å². The van der Waals surface area contributed by atoms with E-state index < -0.39 is 0 Å². The lowest BCUT2D eigenvalue weighted by molar-refractivity contribution is 0.259. The molecule has 8 heteroatoms. The van der Waals surface area contributed by atoms with E-state index in [2.05, 4.69) is 59.5 Å². The van der Waals surface area contributed by atoms with Gasteiger partial charge in [0.25, 0.3) is 0 Å². The molecular weight excluding hydrogens is 560 g/mol. The highest BCUT2D eigenvalue weighted by Gasteiger charge is 2.18. The van der Waals surface area contributed by atoms with E-state index in [9.17, 15) is 4.79 Å². The van der Waals surface area contributed by atoms with Crippen LogP contribution in [-0.2, 0) is 18.5 Å². The standard InChI is InChI=1S/C37H38N6O2/c1-37(2,3)28-13-17-35(45-4)34(21-28)42-36(44)41-33-16-15-30(31-10-5-6-11-32(31)33)27-12-14-29(40-23-27)25-43(20-8-18-38)24-26-9-7-19-39-22-26/h5-7,9-17,19,21-23H,8,20,24-25H2,1-4H3,(H2,41,42,44). The van der Waals surface area contributed by atoms with Crippen LogP contribution < -0.4 is 15.4 Å². The van der Waals surface area contributed by atoms with Crippen LogP contribution in [0.4, 0.5) is 16.2 Å². The van der Waals surface area contributed by atoms with Crippen molar-refractivity contribution in [3.05, 3.63) is 114 Å². The number of ether oxygens (including phenoxy) is 1. The van der Waals surface area contributed by atoms with Gasteiger partial charge < -0.3 is 15.4 Å². The van der Waals surface area contributed by atoms with Gasteiger partial charge in [-0.05, 0) is 57.8 Å². The number of nitrogens with one attached hydrogen (secondary N) is 2. The molecule has 0 saturated heterocycles. The summed E-state index contributed by atoms with van der Waals surface area (Å²) in [7, 11) is 1.59. The number of nitrogens with zero attached hydrogens (tertiary/aromatic N) is 4. The SMILES string of the molecule is COc1ccc(C(C)(C)C)cc1NC(=O)Nc1ccc(-c2ccc(CN(CCC#N)Cc3cccnc3)nc2)c2ccccc12. The Balaban J connectivity index is 1.34. The number of benzene rings is 3. The first-order chi connectivity index (χ1) is 21.7. The minimum atomic E-state index is -0.351. The van der Waals surface area contributed by atoms with Crippen LogP contribution in [0.25, 0.3) is 21.9 Å². The molecule has 3 aromatic carbocycles. The van der Waals surface area contributed by atoms with Crippen LogP contribution in [0.3, 0.4) is 0 Å². The lowest BCUT2D eigenvalue weighted by atomic mass is 9.87. The van der Waals surface area contributed by atoms with E-state index in [0.717, 1.165) is 38.7 Å². The Kier molecular flexibility index (Phi) is 9.71. The van der Waals surface area contributed by atoms with Crippen LogP contribution >= 0.6 is 0 Å². The second kappa shape index (κ2) is 14.0. The van der Waals surface area contributed by atoms with Gasteiger partial charge in [-0.1, -0.05) is 69.3 Å². The molecule has 2 heterocycles. The van der Waals surface area contributed by atoms with E-state index in [1.54, 1.807) is 13.3 Å². The van der Waals surface area contributed by atoms with Crippen LogP contribution in [0, 0.1) is 11.3 Å². The highest BCUT2D eigenvalue weighted by Crippen LogP contribution is 2.34. The number of nitriles is 1. The molecule has 0 spiro atoms. The number of anilines is 2. The fourth-order valence-corrected chi connectivity index (χ4v) is 5.29. The number of amides is 2. The first kappa shape index (κ1) is 31.2. The quantitative estimate of drug-likeness (QED) is 0.168. The Morgan fingerprint density at radius 1 is 0.911 bits per heavy atom. The highest BCUT2D eigenvalue weighted by molar-refractivity contribution is 6.10. The van der Waals surface area contributed by atoms with Crippen molar-refractivity contribution >= 4 is 28.2 Å². The topological polar surface area (TPSA) is 103 Å². The summed E-state index contributed by atoms with van der Waals surface area (Å²) in [4.78, 5) is 24.4. The number of hydrogen-bond donors (Lipinski definition) is 2. The van der Waals surface area contributed by atoms with E-state index in [4.69, 9.17) is 15.0 Å². The molecular formula is C37H38N6O2. The molecule has 5 aromatic rings. The maximum absolute atomic E-state index is 13.2. The Hall–Kier alpha value is -5.26. The van der Waals surface area contributed by atoms with E-state index in [-0.39, 0.29) is 11.4 Å². The third-order valence-corrected chi connectivity index (χ3v) is 7.68. The second-order valence-electron chi connectivity index (χ2n) is 12.0. The zero-order chi connectivity index (χ0) is 31.8. The Bertz CT molecular complexity index is 1810. The molecule has 45 heavy (non-hydrogen) atoms. The Morgan fingerprint density at radius 3 is 2.40 bits per heavy atom. The van der Waals surface area contributed by atoms with Crippen molar-refractivity contribution < 1.29 is 9.53 Å². The molecule has 2 amide bonds. The van der Waals surface area contributed by atoms with Gasteiger partial charge in [-0.25, -0.2) is 4.79 Å². The van der Waals surface area contributed by atoms with Crippen molar-refractivity contribution in [2.75, 3.05) is 24.3 Å². The summed E-state index contributed by atoms with van der Waals surface area (Å²) in [6.07, 6.45) is 5.94. The summed E-state index contributed by atoms with van der Waals surface area (Å²) in [6.45, 7) is 8.36. The first-order valence-electron chi connectivity index (χ1n) is 15.0. The lowest BCUT2D eigenvalue weighted by Gasteiger charge is -2.21. The maximum Gasteiger partial charge on any atom is 0.323 e. The number of pyridine rings is 2. The van der Waals surface area contributed by atoms with Crippen LogP contribution in [0.5, 0.6) is 5.75 Å². The highest BCUT2D eigenvalue weighted by atomic mass is 16.5. The van der Waals surface area contributed by atoms with Gasteiger partial charge in [-0.3, -0.25) is 14.9 Å². The normalized spacial score (nSPS) is 11.3. The molecule has 0 saturated carbocycles. The number of urea groups is 1. The average Bonchev–Trinajstić information content (AvgIpc) is 3.04. The summed E-state index contributed by atoms with van der Waals surface area (Å²) in [5.74, 6) is 0.597. The zero-order valence-electron chi connectivity index (χ0n) is 26.2. The maximum atomic E-state index is 13.2. The van der Waals surface area contributed by atoms with Gasteiger partial charge in [0.15, 0.2) is 0 Å². The van der Waals surface area contributed by atoms with Crippen molar-refractivity contribution in [2.45, 2.75) is 45.7 Å². The minimum absolute atomic E-state index is 0.0745. The molecule has 2 aromatic heterocycles. The molecule has 0 bridgehead atoms. The molecule has 0 unspecified atom stereocenters. The van der Waals surface area contributed by atoms with Gasteiger partial charge in [0.2, 0.25) is 0 Å². The number of hydrogen-bond acceptors (Lipinski definition) is 6. The minimum Gasteiger partial charge on any atom is -0.495 e. The summed E-state index contributed by atoms with van der Waals surface area (Å²) < 4.78 is 5.51. The molecule has 5 rings (SSSR count). The number of aromatic nitrogens is 2. The van der Waals surface area contributed by atoms with E-state index in [1.165, 1.54) is 0 Å². The number of carbonyl (C=O) groups is 1. The number of rotatable bonds is 10. The Labute approximate surface area is 264 Å². The van der Waals surface area contributed by atoms with Gasteiger partial charge >= 0.3 is 6.03 Å². The summed E-state index contributed by atoms with van der Waals surface area (Å²) in [6, 6.07) is 27.8. The van der Waals surface area contributed by atoms with E-state index in [0.29, 0.717) is 43.2 Å². The van der Waals surface area contributed by atoms with Crippen molar-refractivity contribution in [1.82, 2.24) is 14.9 Å². The zero-order valence-corrected chi connectivity index (χ0v) is 26.2. The van der Waals surface area contributed by atoms with E-state index >= 15 is 0 Å². The molecule has 2 N–H and O–H groups in total. The Morgan fingerprint density at radius 2 is 1.71 bits per heavy atom. The van der Waals surface area contributed by atoms with Crippen molar-refractivity contribution in [3.8, 4) is 22.9 Å². The molecule has 0 atom stereocenters. The van der Waals surface area contributed by atoms with E-state index in [1.807, 2.05) is 79.1 Å². The lowest BCUT2D eigenvalue weighted by Crippen LogP contribution is -2.24. The summed E-state index contributed by atoms with van der Waals surface area (Å²) in [5.41, 5.74) is 6.35. The monoisotopic (exact) mass is 598 g/mol. The molecule has 0 aliphatic carbocycles. The number of fused-ring (bicyclic) bond motifs is 1. The molecule has 0 aliphatic rings. The fraction of sp³-hybridized carbons (Fsp3) is 0.243. The molecule has 0 radical (unpaired) electrons. The van der Waals surface area contributed by atoms with Crippen LogP contribution in [0.1, 0.15) is 44.0 Å². The van der Waals surface area contributed by atoms with Gasteiger partial charge in [0, 0.05) is 55.6 Å². The van der Waals surface area contributed by atoms with Crippen LogP contribution in [0.15, 0.2) is 97.5 Å². The molecule has 0 aliphatic heterocycles. The van der Waals surface area contributed by atoms with Gasteiger partial charge in [-0.2, -0.15) is 5.26 Å². The van der Waals surface area contributed by atoms with Crippen LogP contribution in [-0.4, -0.2) is 34.6 Å². The predicted molar refractivity (Wildman–Crippen MR) is 180 cm³/mol. The largest absolute Gasteiger partial charge is 0.495 e. The molecule has 0 fully saturated rings. The summed E-state index contributed by atoms with van der Waals surface area (Å²) >= 11 is 0. The van der Waals surface area contributed by atoms with Crippen molar-refractivity contribution in [3.63, 3.8) is 0 Å². The van der Waals surface area contributed by atoms with Gasteiger partial charge in [-0.15, -0.1) is 0 Å². The van der Waals surface area contributed by atoms with Crippen molar-refractivity contribution in [2.24, 2.45) is 0 Å².